The van der Waals surface area contributed by atoms with Crippen LogP contribution in [0.25, 0.3) is 0 Å². The topological polar surface area (TPSA) is 45.2 Å². The van der Waals surface area contributed by atoms with E-state index in [0.29, 0.717) is 6.04 Å². The molecule has 0 spiro atoms. The van der Waals surface area contributed by atoms with Gasteiger partial charge in [-0.25, -0.2) is 0 Å². The first-order valence-corrected chi connectivity index (χ1v) is 9.31. The maximum absolute atomic E-state index is 12.2. The number of amides is 1. The van der Waals surface area contributed by atoms with Gasteiger partial charge in [0.05, 0.1) is 7.11 Å². The van der Waals surface area contributed by atoms with Gasteiger partial charge in [-0.1, -0.05) is 12.1 Å². The summed E-state index contributed by atoms with van der Waals surface area (Å²) in [4.78, 5) is 19.3. The van der Waals surface area contributed by atoms with Crippen LogP contribution >= 0.6 is 0 Å². The monoisotopic (exact) mass is 361 g/mol. The highest BCUT2D eigenvalue weighted by atomic mass is 16.5. The number of hydrogen-bond donors (Lipinski definition) is 0. The molecule has 2 fully saturated rings. The van der Waals surface area contributed by atoms with Crippen molar-refractivity contribution in [2.24, 2.45) is 0 Å². The Morgan fingerprint density at radius 3 is 2.54 bits per heavy atom. The Morgan fingerprint density at radius 2 is 1.88 bits per heavy atom. The molecular formula is C20H31N3O3. The Labute approximate surface area is 156 Å². The van der Waals surface area contributed by atoms with Gasteiger partial charge in [0.25, 0.3) is 0 Å². The molecule has 0 N–H and O–H groups in total. The van der Waals surface area contributed by atoms with E-state index in [9.17, 15) is 4.79 Å². The Balaban J connectivity index is 1.67. The van der Waals surface area contributed by atoms with Crippen LogP contribution in [0.1, 0.15) is 19.4 Å². The second-order valence-corrected chi connectivity index (χ2v) is 7.95. The summed E-state index contributed by atoms with van der Waals surface area (Å²) in [7, 11) is 3.27. The summed E-state index contributed by atoms with van der Waals surface area (Å²) in [5.41, 5.74) is 1.39. The SMILES string of the molecule is COCC(=O)N1CCN2C(CN(Cc3ccc(OC)cc3)CC2(C)C)C1. The first-order valence-electron chi connectivity index (χ1n) is 9.31. The average molecular weight is 361 g/mol. The van der Waals surface area contributed by atoms with Crippen molar-refractivity contribution in [1.29, 1.82) is 0 Å². The molecule has 0 saturated carbocycles. The fourth-order valence-corrected chi connectivity index (χ4v) is 4.36. The van der Waals surface area contributed by atoms with E-state index in [1.54, 1.807) is 14.2 Å². The number of piperazine rings is 2. The van der Waals surface area contributed by atoms with Gasteiger partial charge in [-0.15, -0.1) is 0 Å². The highest BCUT2D eigenvalue weighted by molar-refractivity contribution is 5.77. The standard InChI is InChI=1S/C20H31N3O3/c1-20(2)15-21(11-16-5-7-18(26-4)8-6-16)12-17-13-22(9-10-23(17)20)19(24)14-25-3/h5-8,17H,9-15H2,1-4H3. The van der Waals surface area contributed by atoms with E-state index in [1.165, 1.54) is 5.56 Å². The summed E-state index contributed by atoms with van der Waals surface area (Å²) in [6, 6.07) is 8.66. The van der Waals surface area contributed by atoms with E-state index in [2.05, 4.69) is 35.8 Å². The third-order valence-electron chi connectivity index (χ3n) is 5.53. The normalized spacial score (nSPS) is 23.5. The molecule has 2 saturated heterocycles. The summed E-state index contributed by atoms with van der Waals surface area (Å²) >= 11 is 0. The zero-order valence-corrected chi connectivity index (χ0v) is 16.4. The van der Waals surface area contributed by atoms with Gasteiger partial charge in [-0.3, -0.25) is 14.6 Å². The van der Waals surface area contributed by atoms with Crippen LogP contribution in [-0.2, 0) is 16.1 Å². The Hall–Kier alpha value is -1.63. The van der Waals surface area contributed by atoms with Crippen LogP contribution in [-0.4, -0.2) is 85.7 Å². The highest BCUT2D eigenvalue weighted by Gasteiger charge is 2.43. The van der Waals surface area contributed by atoms with E-state index in [4.69, 9.17) is 9.47 Å². The minimum Gasteiger partial charge on any atom is -0.497 e. The molecular weight excluding hydrogens is 330 g/mol. The van der Waals surface area contributed by atoms with Crippen molar-refractivity contribution in [3.05, 3.63) is 29.8 Å². The predicted octanol–water partition coefficient (Wildman–Crippen LogP) is 1.45. The number of hydrogen-bond acceptors (Lipinski definition) is 5. The number of benzene rings is 1. The van der Waals surface area contributed by atoms with Crippen molar-refractivity contribution >= 4 is 5.91 Å². The van der Waals surface area contributed by atoms with E-state index >= 15 is 0 Å². The third-order valence-corrected chi connectivity index (χ3v) is 5.53. The van der Waals surface area contributed by atoms with Crippen LogP contribution in [0.4, 0.5) is 0 Å². The van der Waals surface area contributed by atoms with Crippen molar-refractivity contribution < 1.29 is 14.3 Å². The maximum Gasteiger partial charge on any atom is 0.248 e. The van der Waals surface area contributed by atoms with E-state index in [1.807, 2.05) is 17.0 Å². The molecule has 0 aliphatic carbocycles. The van der Waals surface area contributed by atoms with Crippen molar-refractivity contribution in [2.45, 2.75) is 32.0 Å². The summed E-state index contributed by atoms with van der Waals surface area (Å²) in [5.74, 6) is 0.982. The number of carbonyl (C=O) groups excluding carboxylic acids is 1. The molecule has 0 aromatic heterocycles. The van der Waals surface area contributed by atoms with Gasteiger partial charge in [-0.2, -0.15) is 0 Å². The lowest BCUT2D eigenvalue weighted by molar-refractivity contribution is -0.142. The van der Waals surface area contributed by atoms with Crippen molar-refractivity contribution in [3.63, 3.8) is 0 Å². The first-order chi connectivity index (χ1) is 12.4. The molecule has 1 atom stereocenters. The highest BCUT2D eigenvalue weighted by Crippen LogP contribution is 2.29. The van der Waals surface area contributed by atoms with Gasteiger partial charge < -0.3 is 14.4 Å². The van der Waals surface area contributed by atoms with E-state index in [-0.39, 0.29) is 18.1 Å². The minimum atomic E-state index is 0.0947. The molecule has 2 aliphatic rings. The summed E-state index contributed by atoms with van der Waals surface area (Å²) in [6.45, 7) is 10.2. The Bertz CT molecular complexity index is 617. The molecule has 0 radical (unpaired) electrons. The zero-order valence-electron chi connectivity index (χ0n) is 16.4. The van der Waals surface area contributed by atoms with Gasteiger partial charge in [-0.05, 0) is 31.5 Å². The van der Waals surface area contributed by atoms with Crippen LogP contribution in [0.3, 0.4) is 0 Å². The number of nitrogens with zero attached hydrogens (tertiary/aromatic N) is 3. The van der Waals surface area contributed by atoms with E-state index in [0.717, 1.165) is 45.0 Å². The fraction of sp³-hybridized carbons (Fsp3) is 0.650. The Morgan fingerprint density at radius 1 is 1.15 bits per heavy atom. The van der Waals surface area contributed by atoms with Crippen LogP contribution in [0.15, 0.2) is 24.3 Å². The Kier molecular flexibility index (Phi) is 5.85. The average Bonchev–Trinajstić information content (AvgIpc) is 2.61. The molecule has 2 heterocycles. The molecule has 2 aliphatic heterocycles. The zero-order chi connectivity index (χ0) is 18.7. The largest absolute Gasteiger partial charge is 0.497 e. The molecule has 26 heavy (non-hydrogen) atoms. The summed E-state index contributed by atoms with van der Waals surface area (Å²) < 4.78 is 10.3. The lowest BCUT2D eigenvalue weighted by Crippen LogP contribution is -2.70. The number of rotatable bonds is 5. The van der Waals surface area contributed by atoms with Crippen molar-refractivity contribution in [2.75, 3.05) is 53.6 Å². The molecule has 6 heteroatoms. The summed E-state index contributed by atoms with van der Waals surface area (Å²) in [5, 5.41) is 0. The smallest absolute Gasteiger partial charge is 0.248 e. The number of fused-ring (bicyclic) bond motifs is 1. The number of carbonyl (C=O) groups is 1. The van der Waals surface area contributed by atoms with Crippen LogP contribution in [0.5, 0.6) is 5.75 Å². The quantitative estimate of drug-likeness (QED) is 0.794. The number of methoxy groups -OCH3 is 2. The summed E-state index contributed by atoms with van der Waals surface area (Å²) in [6.07, 6.45) is 0. The van der Waals surface area contributed by atoms with E-state index < -0.39 is 0 Å². The predicted molar refractivity (Wildman–Crippen MR) is 101 cm³/mol. The number of ether oxygens (including phenoxy) is 2. The van der Waals surface area contributed by atoms with Gasteiger partial charge >= 0.3 is 0 Å². The second-order valence-electron chi connectivity index (χ2n) is 7.95. The molecule has 0 bridgehead atoms. The molecule has 1 aromatic carbocycles. The van der Waals surface area contributed by atoms with Gasteiger partial charge in [0.2, 0.25) is 5.91 Å². The van der Waals surface area contributed by atoms with Crippen LogP contribution in [0, 0.1) is 0 Å². The minimum absolute atomic E-state index is 0.0947. The van der Waals surface area contributed by atoms with Crippen LogP contribution < -0.4 is 4.74 Å². The lowest BCUT2D eigenvalue weighted by atomic mass is 9.92. The van der Waals surface area contributed by atoms with Crippen LogP contribution in [0.2, 0.25) is 0 Å². The van der Waals surface area contributed by atoms with Gasteiger partial charge in [0, 0.05) is 58.0 Å². The van der Waals surface area contributed by atoms with Crippen molar-refractivity contribution in [3.8, 4) is 5.75 Å². The lowest BCUT2D eigenvalue weighted by Gasteiger charge is -2.55. The third kappa shape index (κ3) is 4.19. The fourth-order valence-electron chi connectivity index (χ4n) is 4.36. The molecule has 3 rings (SSSR count). The molecule has 1 amide bonds. The first kappa shape index (κ1) is 19.1. The molecule has 6 nitrogen and oxygen atoms in total. The molecule has 1 aromatic rings. The molecule has 144 valence electrons. The second kappa shape index (κ2) is 7.94. The van der Waals surface area contributed by atoms with Gasteiger partial charge in [0.1, 0.15) is 12.4 Å². The maximum atomic E-state index is 12.2. The van der Waals surface area contributed by atoms with Crippen molar-refractivity contribution in [1.82, 2.24) is 14.7 Å². The molecule has 1 unspecified atom stereocenters. The van der Waals surface area contributed by atoms with Gasteiger partial charge in [0.15, 0.2) is 0 Å².